The smallest absolute Gasteiger partial charge is 0.361 e. The Hall–Kier alpha value is -3.49. The molecule has 2 aromatic heterocycles. The molecule has 1 N–H and O–H groups in total. The zero-order valence-electron chi connectivity index (χ0n) is 15.4. The second-order valence-corrected chi connectivity index (χ2v) is 6.05. The van der Waals surface area contributed by atoms with Crippen LogP contribution in [-0.4, -0.2) is 39.7 Å². The number of carbonyl (C=O) groups is 2. The van der Waals surface area contributed by atoms with Crippen LogP contribution in [0.5, 0.6) is 0 Å². The number of nitrogens with zero attached hydrogens (tertiary/aromatic N) is 3. The number of esters is 1. The highest BCUT2D eigenvalue weighted by Gasteiger charge is 2.22. The number of hydrogen-bond acceptors (Lipinski definition) is 7. The molecule has 0 atom stereocenters. The molecule has 2 heterocycles. The van der Waals surface area contributed by atoms with Gasteiger partial charge in [-0.05, 0) is 25.3 Å². The molecule has 146 valence electrons. The van der Waals surface area contributed by atoms with Gasteiger partial charge >= 0.3 is 5.97 Å². The predicted molar refractivity (Wildman–Crippen MR) is 99.8 cm³/mol. The Morgan fingerprint density at radius 1 is 1.25 bits per heavy atom. The van der Waals surface area contributed by atoms with Gasteiger partial charge in [0.15, 0.2) is 0 Å². The van der Waals surface area contributed by atoms with Crippen molar-refractivity contribution < 1.29 is 18.8 Å². The lowest BCUT2D eigenvalue weighted by Gasteiger charge is -2.07. The van der Waals surface area contributed by atoms with Crippen LogP contribution >= 0.6 is 0 Å². The first-order valence-electron chi connectivity index (χ1n) is 8.92. The van der Waals surface area contributed by atoms with Crippen molar-refractivity contribution in [2.45, 2.75) is 26.3 Å². The summed E-state index contributed by atoms with van der Waals surface area (Å²) in [5.41, 5.74) is 0.287. The largest absolute Gasteiger partial charge is 0.461 e. The Morgan fingerprint density at radius 3 is 2.79 bits per heavy atom. The fraction of sp³-hybridized carbons (Fsp3) is 0.316. The van der Waals surface area contributed by atoms with E-state index in [0.29, 0.717) is 6.54 Å². The van der Waals surface area contributed by atoms with E-state index < -0.39 is 11.5 Å². The van der Waals surface area contributed by atoms with Gasteiger partial charge in [-0.3, -0.25) is 14.2 Å². The van der Waals surface area contributed by atoms with Crippen molar-refractivity contribution in [1.29, 1.82) is 0 Å². The second-order valence-electron chi connectivity index (χ2n) is 6.05. The van der Waals surface area contributed by atoms with Crippen molar-refractivity contribution in [3.63, 3.8) is 0 Å². The Labute approximate surface area is 160 Å². The fourth-order valence-electron chi connectivity index (χ4n) is 2.71. The summed E-state index contributed by atoms with van der Waals surface area (Å²) in [6.45, 7) is 2.03. The van der Waals surface area contributed by atoms with E-state index in [9.17, 15) is 14.4 Å². The molecular weight excluding hydrogens is 364 g/mol. The molecule has 0 aliphatic carbocycles. The van der Waals surface area contributed by atoms with E-state index in [-0.39, 0.29) is 35.9 Å². The molecular formula is C19H20N4O5. The van der Waals surface area contributed by atoms with Gasteiger partial charge in [0, 0.05) is 6.54 Å². The number of carbonyl (C=O) groups excluding carboxylic acids is 2. The van der Waals surface area contributed by atoms with E-state index in [4.69, 9.17) is 9.26 Å². The minimum Gasteiger partial charge on any atom is -0.461 e. The number of amides is 1. The summed E-state index contributed by atoms with van der Waals surface area (Å²) < 4.78 is 10.9. The molecule has 28 heavy (non-hydrogen) atoms. The third kappa shape index (κ3) is 4.43. The first-order valence-corrected chi connectivity index (χ1v) is 8.92. The van der Waals surface area contributed by atoms with Crippen LogP contribution in [0.1, 0.15) is 29.4 Å². The summed E-state index contributed by atoms with van der Waals surface area (Å²) in [6.07, 6.45) is 2.81. The van der Waals surface area contributed by atoms with Gasteiger partial charge in [0.25, 0.3) is 11.3 Å². The minimum absolute atomic E-state index is 0.0763. The minimum atomic E-state index is -0.775. The normalized spacial score (nSPS) is 10.8. The molecule has 9 nitrogen and oxygen atoms in total. The highest BCUT2D eigenvalue weighted by molar-refractivity contribution is 5.99. The van der Waals surface area contributed by atoms with E-state index in [2.05, 4.69) is 15.5 Å². The first-order chi connectivity index (χ1) is 13.6. The first kappa shape index (κ1) is 19.3. The Balaban J connectivity index is 1.62. The van der Waals surface area contributed by atoms with Crippen LogP contribution in [0.3, 0.4) is 0 Å². The third-order valence-corrected chi connectivity index (χ3v) is 4.05. The molecule has 0 aliphatic rings. The Bertz CT molecular complexity index is 1030. The molecule has 1 aromatic carbocycles. The Kier molecular flexibility index (Phi) is 6.15. The van der Waals surface area contributed by atoms with E-state index in [1.165, 1.54) is 11.9 Å². The standard InChI is InChI=1S/C19H20N4O5/c1-2-27-19(26)16-15-17(28-22-16)21-12-23(18(15)25)11-14(24)20-10-6-9-13-7-4-3-5-8-13/h3-5,7-8,12H,2,6,9-11H2,1H3,(H,20,24). The number of aromatic nitrogens is 3. The maximum absolute atomic E-state index is 12.6. The van der Waals surface area contributed by atoms with Gasteiger partial charge in [-0.15, -0.1) is 0 Å². The maximum atomic E-state index is 12.6. The van der Waals surface area contributed by atoms with Crippen molar-refractivity contribution >= 4 is 23.0 Å². The van der Waals surface area contributed by atoms with Gasteiger partial charge in [0.1, 0.15) is 18.3 Å². The highest BCUT2D eigenvalue weighted by Crippen LogP contribution is 2.12. The van der Waals surface area contributed by atoms with Gasteiger partial charge in [0.05, 0.1) is 6.61 Å². The summed E-state index contributed by atoms with van der Waals surface area (Å²) in [4.78, 5) is 40.6. The molecule has 0 saturated heterocycles. The van der Waals surface area contributed by atoms with E-state index >= 15 is 0 Å². The van der Waals surface area contributed by atoms with Crippen LogP contribution < -0.4 is 10.9 Å². The van der Waals surface area contributed by atoms with Crippen molar-refractivity contribution in [3.8, 4) is 0 Å². The topological polar surface area (TPSA) is 116 Å². The monoisotopic (exact) mass is 384 g/mol. The van der Waals surface area contributed by atoms with Crippen LogP contribution in [0.25, 0.3) is 11.1 Å². The summed E-state index contributed by atoms with van der Waals surface area (Å²) >= 11 is 0. The number of nitrogens with one attached hydrogen (secondary N) is 1. The number of ether oxygens (including phenoxy) is 1. The van der Waals surface area contributed by atoms with Gasteiger partial charge < -0.3 is 14.6 Å². The maximum Gasteiger partial charge on any atom is 0.361 e. The van der Waals surface area contributed by atoms with Crippen LogP contribution in [-0.2, 0) is 22.5 Å². The number of rotatable bonds is 8. The summed E-state index contributed by atoms with van der Waals surface area (Å²) in [7, 11) is 0. The van der Waals surface area contributed by atoms with E-state index in [1.807, 2.05) is 30.3 Å². The predicted octanol–water partition coefficient (Wildman–Crippen LogP) is 1.31. The lowest BCUT2D eigenvalue weighted by molar-refractivity contribution is -0.121. The average Bonchev–Trinajstić information content (AvgIpc) is 3.13. The molecule has 0 saturated carbocycles. The van der Waals surface area contributed by atoms with E-state index in [1.54, 1.807) is 6.92 Å². The van der Waals surface area contributed by atoms with Crippen LogP contribution in [0.15, 0.2) is 46.0 Å². The van der Waals surface area contributed by atoms with Crippen molar-refractivity contribution in [1.82, 2.24) is 20.0 Å². The lowest BCUT2D eigenvalue weighted by atomic mass is 10.1. The Morgan fingerprint density at radius 2 is 2.04 bits per heavy atom. The zero-order chi connectivity index (χ0) is 19.9. The SMILES string of the molecule is CCOC(=O)c1noc2ncn(CC(=O)NCCCc3ccccc3)c(=O)c12. The number of aryl methyl sites for hydroxylation is 1. The van der Waals surface area contributed by atoms with Gasteiger partial charge in [-0.1, -0.05) is 35.5 Å². The van der Waals surface area contributed by atoms with Gasteiger partial charge in [-0.25, -0.2) is 9.78 Å². The quantitative estimate of drug-likeness (QED) is 0.460. The third-order valence-electron chi connectivity index (χ3n) is 4.05. The molecule has 3 rings (SSSR count). The van der Waals surface area contributed by atoms with Crippen molar-refractivity contribution in [3.05, 3.63) is 58.3 Å². The van der Waals surface area contributed by atoms with Crippen LogP contribution in [0.4, 0.5) is 0 Å². The van der Waals surface area contributed by atoms with Gasteiger partial charge in [-0.2, -0.15) is 0 Å². The molecule has 9 heteroatoms. The summed E-state index contributed by atoms with van der Waals surface area (Å²) in [5.74, 6) is -1.10. The molecule has 0 radical (unpaired) electrons. The molecule has 0 unspecified atom stereocenters. The molecule has 0 bridgehead atoms. The summed E-state index contributed by atoms with van der Waals surface area (Å²) in [6, 6.07) is 9.96. The lowest BCUT2D eigenvalue weighted by Crippen LogP contribution is -2.33. The van der Waals surface area contributed by atoms with Crippen molar-refractivity contribution in [2.24, 2.45) is 0 Å². The fourth-order valence-corrected chi connectivity index (χ4v) is 2.71. The van der Waals surface area contributed by atoms with E-state index in [0.717, 1.165) is 17.4 Å². The average molecular weight is 384 g/mol. The second kappa shape index (κ2) is 8.94. The van der Waals surface area contributed by atoms with Crippen LogP contribution in [0.2, 0.25) is 0 Å². The van der Waals surface area contributed by atoms with Gasteiger partial charge in [0.2, 0.25) is 11.6 Å². The molecule has 3 aromatic rings. The van der Waals surface area contributed by atoms with Crippen LogP contribution in [0, 0.1) is 0 Å². The number of benzene rings is 1. The number of hydrogen-bond donors (Lipinski definition) is 1. The molecule has 1 amide bonds. The van der Waals surface area contributed by atoms with Crippen molar-refractivity contribution in [2.75, 3.05) is 13.2 Å². The molecule has 0 spiro atoms. The highest BCUT2D eigenvalue weighted by atomic mass is 16.5. The summed E-state index contributed by atoms with van der Waals surface area (Å²) in [5, 5.41) is 6.23. The zero-order valence-corrected chi connectivity index (χ0v) is 15.4. The molecule has 0 aliphatic heterocycles. The molecule has 0 fully saturated rings. The number of fused-ring (bicyclic) bond motifs is 1.